The Bertz CT molecular complexity index is 569. The van der Waals surface area contributed by atoms with Crippen LogP contribution in [-0.2, 0) is 0 Å². The van der Waals surface area contributed by atoms with Gasteiger partial charge >= 0.3 is 0 Å². The van der Waals surface area contributed by atoms with Crippen molar-refractivity contribution in [3.05, 3.63) is 53.9 Å². The molecule has 2 N–H and O–H groups in total. The van der Waals surface area contributed by atoms with Crippen LogP contribution in [0.15, 0.2) is 42.7 Å². The zero-order chi connectivity index (χ0) is 14.5. The number of anilines is 1. The zero-order valence-corrected chi connectivity index (χ0v) is 12.2. The second-order valence-electron chi connectivity index (χ2n) is 4.85. The molecular weight excluding hydrogens is 250 g/mol. The van der Waals surface area contributed by atoms with Crippen molar-refractivity contribution in [3.8, 4) is 5.75 Å². The first-order valence-corrected chi connectivity index (χ1v) is 6.72. The third kappa shape index (κ3) is 3.27. The molecule has 106 valence electrons. The number of pyridine rings is 1. The summed E-state index contributed by atoms with van der Waals surface area (Å²) in [6, 6.07) is 9.95. The number of hydrogen-bond acceptors (Lipinski definition) is 4. The van der Waals surface area contributed by atoms with E-state index in [-0.39, 0.29) is 6.04 Å². The van der Waals surface area contributed by atoms with Crippen LogP contribution in [0, 0.1) is 0 Å². The highest BCUT2D eigenvalue weighted by Crippen LogP contribution is 2.24. The van der Waals surface area contributed by atoms with E-state index in [0.717, 1.165) is 22.6 Å². The van der Waals surface area contributed by atoms with Gasteiger partial charge in [0.05, 0.1) is 18.8 Å². The van der Waals surface area contributed by atoms with Crippen molar-refractivity contribution in [1.82, 2.24) is 4.98 Å². The monoisotopic (exact) mass is 271 g/mol. The molecule has 1 aromatic carbocycles. The van der Waals surface area contributed by atoms with Gasteiger partial charge in [0.15, 0.2) is 0 Å². The van der Waals surface area contributed by atoms with Crippen molar-refractivity contribution < 1.29 is 4.74 Å². The fourth-order valence-corrected chi connectivity index (χ4v) is 2.04. The summed E-state index contributed by atoms with van der Waals surface area (Å²) in [6.07, 6.45) is 3.49. The van der Waals surface area contributed by atoms with E-state index >= 15 is 0 Å². The van der Waals surface area contributed by atoms with Gasteiger partial charge in [-0.25, -0.2) is 0 Å². The maximum absolute atomic E-state index is 6.34. The van der Waals surface area contributed by atoms with Crippen LogP contribution >= 0.6 is 0 Å². The van der Waals surface area contributed by atoms with Gasteiger partial charge in [0.2, 0.25) is 0 Å². The van der Waals surface area contributed by atoms with E-state index in [1.165, 1.54) is 0 Å². The van der Waals surface area contributed by atoms with Crippen molar-refractivity contribution in [1.29, 1.82) is 0 Å². The van der Waals surface area contributed by atoms with Crippen molar-refractivity contribution in [2.75, 3.05) is 25.6 Å². The Balaban J connectivity index is 2.28. The minimum Gasteiger partial charge on any atom is -0.492 e. The summed E-state index contributed by atoms with van der Waals surface area (Å²) in [6.45, 7) is 2.57. The molecule has 0 aliphatic carbocycles. The Morgan fingerprint density at radius 3 is 2.70 bits per heavy atom. The number of ether oxygens (including phenoxy) is 1. The van der Waals surface area contributed by atoms with E-state index in [4.69, 9.17) is 10.5 Å². The molecular formula is C16H21N3O. The van der Waals surface area contributed by atoms with Gasteiger partial charge in [-0.2, -0.15) is 0 Å². The molecule has 1 atom stereocenters. The van der Waals surface area contributed by atoms with Gasteiger partial charge in [0.1, 0.15) is 5.75 Å². The molecule has 2 rings (SSSR count). The van der Waals surface area contributed by atoms with E-state index in [2.05, 4.69) is 22.0 Å². The van der Waals surface area contributed by atoms with Gasteiger partial charge in [-0.15, -0.1) is 0 Å². The Hall–Kier alpha value is -2.07. The fourth-order valence-electron chi connectivity index (χ4n) is 2.04. The topological polar surface area (TPSA) is 51.4 Å². The maximum atomic E-state index is 6.34. The van der Waals surface area contributed by atoms with Gasteiger partial charge in [0.25, 0.3) is 0 Å². The summed E-state index contributed by atoms with van der Waals surface area (Å²) >= 11 is 0. The van der Waals surface area contributed by atoms with Crippen LogP contribution in [0.4, 0.5) is 5.69 Å². The minimum atomic E-state index is -0.206. The Morgan fingerprint density at radius 2 is 2.00 bits per heavy atom. The lowest BCUT2D eigenvalue weighted by molar-refractivity contribution is 0.338. The highest BCUT2D eigenvalue weighted by molar-refractivity contribution is 5.49. The summed E-state index contributed by atoms with van der Waals surface area (Å²) in [5.41, 5.74) is 9.48. The van der Waals surface area contributed by atoms with E-state index in [1.807, 2.05) is 39.2 Å². The second kappa shape index (κ2) is 6.39. The van der Waals surface area contributed by atoms with E-state index < -0.39 is 0 Å². The van der Waals surface area contributed by atoms with Crippen molar-refractivity contribution in [2.24, 2.45) is 5.73 Å². The highest BCUT2D eigenvalue weighted by atomic mass is 16.5. The van der Waals surface area contributed by atoms with E-state index in [9.17, 15) is 0 Å². The quantitative estimate of drug-likeness (QED) is 0.908. The van der Waals surface area contributed by atoms with E-state index in [0.29, 0.717) is 6.61 Å². The lowest BCUT2D eigenvalue weighted by Gasteiger charge is -2.17. The predicted octanol–water partition coefficient (Wildman–Crippen LogP) is 2.59. The first-order valence-electron chi connectivity index (χ1n) is 6.72. The van der Waals surface area contributed by atoms with Crippen molar-refractivity contribution in [3.63, 3.8) is 0 Å². The summed E-state index contributed by atoms with van der Waals surface area (Å²) in [5.74, 6) is 0.754. The minimum absolute atomic E-state index is 0.206. The number of hydrogen-bond donors (Lipinski definition) is 1. The number of benzene rings is 1. The van der Waals surface area contributed by atoms with Crippen LogP contribution in [-0.4, -0.2) is 25.7 Å². The molecule has 0 aliphatic rings. The van der Waals surface area contributed by atoms with Gasteiger partial charge in [0, 0.05) is 26.0 Å². The largest absolute Gasteiger partial charge is 0.492 e. The molecule has 4 heteroatoms. The molecule has 0 saturated carbocycles. The Labute approximate surface area is 120 Å². The van der Waals surface area contributed by atoms with Crippen LogP contribution in [0.25, 0.3) is 0 Å². The molecule has 1 heterocycles. The van der Waals surface area contributed by atoms with Crippen LogP contribution in [0.2, 0.25) is 0 Å². The normalized spacial score (nSPS) is 12.0. The summed E-state index contributed by atoms with van der Waals surface area (Å²) < 4.78 is 5.47. The van der Waals surface area contributed by atoms with Crippen LogP contribution < -0.4 is 15.4 Å². The number of aromatic nitrogens is 1. The average Bonchev–Trinajstić information content (AvgIpc) is 2.47. The number of rotatable bonds is 5. The molecule has 2 aromatic rings. The first-order chi connectivity index (χ1) is 9.61. The lowest BCUT2D eigenvalue weighted by atomic mass is 10.0. The van der Waals surface area contributed by atoms with Gasteiger partial charge in [-0.05, 0) is 36.2 Å². The molecule has 0 amide bonds. The molecule has 0 fully saturated rings. The van der Waals surface area contributed by atoms with Gasteiger partial charge in [-0.3, -0.25) is 4.98 Å². The van der Waals surface area contributed by atoms with Crippen LogP contribution in [0.1, 0.15) is 24.1 Å². The third-order valence-electron chi connectivity index (χ3n) is 3.15. The molecule has 4 nitrogen and oxygen atoms in total. The van der Waals surface area contributed by atoms with Crippen molar-refractivity contribution in [2.45, 2.75) is 13.0 Å². The number of nitrogens with zero attached hydrogens (tertiary/aromatic N) is 2. The second-order valence-corrected chi connectivity index (χ2v) is 4.85. The zero-order valence-electron chi connectivity index (χ0n) is 12.2. The Kier molecular flexibility index (Phi) is 4.58. The molecule has 1 unspecified atom stereocenters. The molecule has 0 aliphatic heterocycles. The molecule has 0 bridgehead atoms. The molecule has 0 spiro atoms. The molecule has 0 saturated heterocycles. The maximum Gasteiger partial charge on any atom is 0.137 e. The summed E-state index contributed by atoms with van der Waals surface area (Å²) in [5, 5.41) is 0. The van der Waals surface area contributed by atoms with Crippen molar-refractivity contribution >= 4 is 5.69 Å². The predicted molar refractivity (Wildman–Crippen MR) is 82.2 cm³/mol. The summed E-state index contributed by atoms with van der Waals surface area (Å²) in [4.78, 5) is 6.25. The third-order valence-corrected chi connectivity index (χ3v) is 3.15. The fraction of sp³-hybridized carbons (Fsp3) is 0.312. The average molecular weight is 271 g/mol. The first kappa shape index (κ1) is 14.3. The SMILES string of the molecule is CCOc1cncc(C(N)c2cccc(N(C)C)c2)c1. The molecule has 0 radical (unpaired) electrons. The Morgan fingerprint density at radius 1 is 1.20 bits per heavy atom. The van der Waals surface area contributed by atoms with Gasteiger partial charge in [-0.1, -0.05) is 12.1 Å². The smallest absolute Gasteiger partial charge is 0.137 e. The molecule has 20 heavy (non-hydrogen) atoms. The standard InChI is InChI=1S/C16H21N3O/c1-4-20-15-9-13(10-18-11-15)16(17)12-6-5-7-14(8-12)19(2)3/h5-11,16H,4,17H2,1-3H3. The van der Waals surface area contributed by atoms with Crippen LogP contribution in [0.5, 0.6) is 5.75 Å². The lowest BCUT2D eigenvalue weighted by Crippen LogP contribution is -2.14. The van der Waals surface area contributed by atoms with Crippen LogP contribution in [0.3, 0.4) is 0 Å². The number of nitrogens with two attached hydrogens (primary N) is 1. The van der Waals surface area contributed by atoms with Gasteiger partial charge < -0.3 is 15.4 Å². The summed E-state index contributed by atoms with van der Waals surface area (Å²) in [7, 11) is 4.03. The highest BCUT2D eigenvalue weighted by Gasteiger charge is 2.11. The van der Waals surface area contributed by atoms with E-state index in [1.54, 1.807) is 12.4 Å². The molecule has 1 aromatic heterocycles.